The third kappa shape index (κ3) is 3.40. The van der Waals surface area contributed by atoms with Crippen LogP contribution in [0.1, 0.15) is 29.5 Å². The molecular formula is C12H13ClF2O2. The molecule has 94 valence electrons. The minimum atomic E-state index is -3.14. The first-order chi connectivity index (χ1) is 7.74. The lowest BCUT2D eigenvalue weighted by molar-refractivity contribution is -0.139. The molecule has 0 aliphatic heterocycles. The molecule has 0 saturated heterocycles. The highest BCUT2D eigenvalue weighted by Gasteiger charge is 2.33. The Morgan fingerprint density at radius 3 is 2.47 bits per heavy atom. The van der Waals surface area contributed by atoms with E-state index in [4.69, 9.17) is 16.7 Å². The van der Waals surface area contributed by atoms with E-state index < -0.39 is 24.7 Å². The fourth-order valence-electron chi connectivity index (χ4n) is 1.57. The van der Waals surface area contributed by atoms with E-state index in [9.17, 15) is 13.6 Å². The Morgan fingerprint density at radius 1 is 1.35 bits per heavy atom. The molecule has 0 bridgehead atoms. The number of carboxylic acids is 1. The van der Waals surface area contributed by atoms with Crippen molar-refractivity contribution in [2.75, 3.05) is 0 Å². The van der Waals surface area contributed by atoms with Gasteiger partial charge in [0.15, 0.2) is 0 Å². The predicted molar refractivity (Wildman–Crippen MR) is 61.7 cm³/mol. The van der Waals surface area contributed by atoms with Gasteiger partial charge in [-0.25, -0.2) is 8.78 Å². The van der Waals surface area contributed by atoms with Crippen LogP contribution in [0.3, 0.4) is 0 Å². The maximum Gasteiger partial charge on any atom is 0.303 e. The Hall–Kier alpha value is -1.16. The van der Waals surface area contributed by atoms with E-state index in [1.54, 1.807) is 6.92 Å². The van der Waals surface area contributed by atoms with E-state index in [-0.39, 0.29) is 5.56 Å². The smallest absolute Gasteiger partial charge is 0.303 e. The first kappa shape index (κ1) is 13.9. The molecule has 0 aliphatic rings. The molecule has 17 heavy (non-hydrogen) atoms. The molecule has 1 rings (SSSR count). The van der Waals surface area contributed by atoms with Gasteiger partial charge in [-0.15, -0.1) is 0 Å². The number of hydrogen-bond acceptors (Lipinski definition) is 1. The average molecular weight is 263 g/mol. The molecule has 0 aliphatic carbocycles. The van der Waals surface area contributed by atoms with Gasteiger partial charge in [0.05, 0.1) is 6.42 Å². The van der Waals surface area contributed by atoms with Crippen LogP contribution in [0.5, 0.6) is 0 Å². The second-order valence-electron chi connectivity index (χ2n) is 4.01. The number of alkyl halides is 2. The molecule has 0 radical (unpaired) electrons. The fraction of sp³-hybridized carbons (Fsp3) is 0.417. The van der Waals surface area contributed by atoms with Crippen molar-refractivity contribution < 1.29 is 18.7 Å². The summed E-state index contributed by atoms with van der Waals surface area (Å²) in [5.74, 6) is -4.37. The molecule has 1 aromatic rings. The Balaban J connectivity index is 3.05. The Labute approximate surface area is 103 Å². The van der Waals surface area contributed by atoms with Crippen LogP contribution in [0.4, 0.5) is 8.78 Å². The van der Waals surface area contributed by atoms with Gasteiger partial charge in [0.1, 0.15) is 0 Å². The second kappa shape index (κ2) is 5.00. The van der Waals surface area contributed by atoms with Crippen LogP contribution in [0.2, 0.25) is 5.02 Å². The van der Waals surface area contributed by atoms with Crippen LogP contribution >= 0.6 is 11.6 Å². The third-order valence-electron chi connectivity index (χ3n) is 2.55. The van der Waals surface area contributed by atoms with Crippen LogP contribution in [0.15, 0.2) is 12.1 Å². The number of carboxylic acid groups (broad SMARTS) is 1. The molecular weight excluding hydrogens is 250 g/mol. The van der Waals surface area contributed by atoms with Crippen LogP contribution in [0.25, 0.3) is 0 Å². The molecule has 0 amide bonds. The van der Waals surface area contributed by atoms with Crippen molar-refractivity contribution in [1.82, 2.24) is 0 Å². The maximum absolute atomic E-state index is 13.8. The van der Waals surface area contributed by atoms with Crippen LogP contribution in [-0.4, -0.2) is 11.1 Å². The van der Waals surface area contributed by atoms with Gasteiger partial charge >= 0.3 is 5.97 Å². The zero-order valence-electron chi connectivity index (χ0n) is 9.56. The quantitative estimate of drug-likeness (QED) is 0.893. The minimum absolute atomic E-state index is 0.152. The fourth-order valence-corrected chi connectivity index (χ4v) is 1.79. The molecule has 0 atom stereocenters. The molecule has 5 heteroatoms. The molecule has 0 aromatic heterocycles. The summed E-state index contributed by atoms with van der Waals surface area (Å²) in [6, 6.07) is 2.79. The summed E-state index contributed by atoms with van der Waals surface area (Å²) in [6.07, 6.45) is -1.27. The molecule has 1 aromatic carbocycles. The van der Waals surface area contributed by atoms with E-state index >= 15 is 0 Å². The van der Waals surface area contributed by atoms with Crippen LogP contribution in [0, 0.1) is 13.8 Å². The van der Waals surface area contributed by atoms with Gasteiger partial charge in [0.2, 0.25) is 0 Å². The third-order valence-corrected chi connectivity index (χ3v) is 2.96. The van der Waals surface area contributed by atoms with Crippen molar-refractivity contribution in [3.63, 3.8) is 0 Å². The van der Waals surface area contributed by atoms with Crippen LogP contribution in [-0.2, 0) is 10.7 Å². The van der Waals surface area contributed by atoms with E-state index in [1.807, 2.05) is 0 Å². The summed E-state index contributed by atoms with van der Waals surface area (Å²) in [4.78, 5) is 10.3. The van der Waals surface area contributed by atoms with Gasteiger partial charge in [-0.3, -0.25) is 4.79 Å². The first-order valence-corrected chi connectivity index (χ1v) is 5.48. The minimum Gasteiger partial charge on any atom is -0.481 e. The highest BCUT2D eigenvalue weighted by Crippen LogP contribution is 2.36. The topological polar surface area (TPSA) is 37.3 Å². The number of benzene rings is 1. The summed E-state index contributed by atoms with van der Waals surface area (Å²) in [7, 11) is 0. The van der Waals surface area contributed by atoms with E-state index in [0.29, 0.717) is 16.1 Å². The molecule has 1 N–H and O–H groups in total. The SMILES string of the molecule is Cc1cc(C(F)(F)CCC(=O)O)c(C)cc1Cl. The maximum atomic E-state index is 13.8. The summed E-state index contributed by atoms with van der Waals surface area (Å²) < 4.78 is 27.6. The standard InChI is InChI=1S/C12H13ClF2O2/c1-7-6-10(13)8(2)5-9(7)12(14,15)4-3-11(16)17/h5-6H,3-4H2,1-2H3,(H,16,17). The lowest BCUT2D eigenvalue weighted by Crippen LogP contribution is -2.17. The van der Waals surface area contributed by atoms with Gasteiger partial charge in [-0.1, -0.05) is 11.6 Å². The van der Waals surface area contributed by atoms with Gasteiger partial charge in [-0.2, -0.15) is 0 Å². The number of carbonyl (C=O) groups is 1. The van der Waals surface area contributed by atoms with Crippen molar-refractivity contribution in [2.45, 2.75) is 32.6 Å². The lowest BCUT2D eigenvalue weighted by atomic mass is 9.97. The Kier molecular flexibility index (Phi) is 4.09. The first-order valence-electron chi connectivity index (χ1n) is 5.11. The zero-order valence-corrected chi connectivity index (χ0v) is 10.3. The highest BCUT2D eigenvalue weighted by molar-refractivity contribution is 6.31. The van der Waals surface area contributed by atoms with Gasteiger partial charge in [0.25, 0.3) is 5.92 Å². The molecule has 0 saturated carbocycles. The lowest BCUT2D eigenvalue weighted by Gasteiger charge is -2.19. The molecule has 0 heterocycles. The Morgan fingerprint density at radius 2 is 1.94 bits per heavy atom. The number of hydrogen-bond donors (Lipinski definition) is 1. The normalized spacial score (nSPS) is 11.6. The number of aliphatic carboxylic acids is 1. The van der Waals surface area contributed by atoms with Gasteiger partial charge in [-0.05, 0) is 37.1 Å². The van der Waals surface area contributed by atoms with Crippen LogP contribution < -0.4 is 0 Å². The zero-order chi connectivity index (χ0) is 13.2. The van der Waals surface area contributed by atoms with Crippen molar-refractivity contribution in [1.29, 1.82) is 0 Å². The summed E-state index contributed by atoms with van der Waals surface area (Å²) in [5, 5.41) is 8.87. The Bertz CT molecular complexity index is 444. The molecule has 0 fully saturated rings. The summed E-state index contributed by atoms with van der Waals surface area (Å²) in [6.45, 7) is 3.17. The predicted octanol–water partition coefficient (Wildman–Crippen LogP) is 3.91. The second-order valence-corrected chi connectivity index (χ2v) is 4.42. The number of aryl methyl sites for hydroxylation is 2. The van der Waals surface area contributed by atoms with Crippen molar-refractivity contribution in [3.8, 4) is 0 Å². The molecule has 2 nitrogen and oxygen atoms in total. The van der Waals surface area contributed by atoms with E-state index in [1.165, 1.54) is 19.1 Å². The molecule has 0 spiro atoms. The van der Waals surface area contributed by atoms with Gasteiger partial charge in [0, 0.05) is 17.0 Å². The van der Waals surface area contributed by atoms with Crippen molar-refractivity contribution in [2.24, 2.45) is 0 Å². The summed E-state index contributed by atoms with van der Waals surface area (Å²) in [5.41, 5.74) is 0.777. The van der Waals surface area contributed by atoms with E-state index in [0.717, 1.165) is 0 Å². The number of halogens is 3. The highest BCUT2D eigenvalue weighted by atomic mass is 35.5. The van der Waals surface area contributed by atoms with Crippen molar-refractivity contribution in [3.05, 3.63) is 33.8 Å². The monoisotopic (exact) mass is 262 g/mol. The largest absolute Gasteiger partial charge is 0.481 e. The van der Waals surface area contributed by atoms with E-state index in [2.05, 4.69) is 0 Å². The number of rotatable bonds is 4. The van der Waals surface area contributed by atoms with Gasteiger partial charge < -0.3 is 5.11 Å². The van der Waals surface area contributed by atoms with Crippen molar-refractivity contribution >= 4 is 17.6 Å². The average Bonchev–Trinajstić information content (AvgIpc) is 2.20. The summed E-state index contributed by atoms with van der Waals surface area (Å²) >= 11 is 5.82. The molecule has 0 unspecified atom stereocenters.